The van der Waals surface area contributed by atoms with Crippen LogP contribution in [0.15, 0.2) is 0 Å². The van der Waals surface area contributed by atoms with E-state index in [4.69, 9.17) is 7.45 Å². The molecular formula is C6H13AsO2. The van der Waals surface area contributed by atoms with E-state index < -0.39 is 15.3 Å². The summed E-state index contributed by atoms with van der Waals surface area (Å²) < 4.78 is 10.8. The zero-order valence-corrected chi connectivity index (χ0v) is 8.05. The topological polar surface area (TPSA) is 18.5 Å². The second kappa shape index (κ2) is 2.61. The van der Waals surface area contributed by atoms with Crippen LogP contribution in [-0.4, -0.2) is 28.5 Å². The fourth-order valence-electron chi connectivity index (χ4n) is 0.610. The van der Waals surface area contributed by atoms with Crippen molar-refractivity contribution >= 4 is 15.3 Å². The first-order chi connectivity index (χ1) is 4.10. The molecule has 1 saturated heterocycles. The van der Waals surface area contributed by atoms with Crippen LogP contribution in [0, 0.1) is 5.41 Å². The van der Waals surface area contributed by atoms with Gasteiger partial charge in [-0.05, 0) is 0 Å². The van der Waals surface area contributed by atoms with Gasteiger partial charge in [0.05, 0.1) is 0 Å². The van der Waals surface area contributed by atoms with Crippen molar-refractivity contribution in [3.05, 3.63) is 0 Å². The maximum atomic E-state index is 5.42. The quantitative estimate of drug-likeness (QED) is 0.536. The Bertz CT molecular complexity index is 93.2. The van der Waals surface area contributed by atoms with Crippen molar-refractivity contribution in [3.8, 4) is 0 Å². The van der Waals surface area contributed by atoms with Gasteiger partial charge in [0.1, 0.15) is 0 Å². The van der Waals surface area contributed by atoms with Gasteiger partial charge in [-0.1, -0.05) is 0 Å². The van der Waals surface area contributed by atoms with Crippen LogP contribution in [0.3, 0.4) is 0 Å². The Hall–Kier alpha value is 0.478. The van der Waals surface area contributed by atoms with E-state index in [1.807, 2.05) is 0 Å². The summed E-state index contributed by atoms with van der Waals surface area (Å²) in [6.07, 6.45) is 0. The Morgan fingerprint density at radius 2 is 1.67 bits per heavy atom. The van der Waals surface area contributed by atoms with E-state index in [0.717, 1.165) is 13.2 Å². The molecule has 2 nitrogen and oxygen atoms in total. The molecule has 1 aliphatic rings. The van der Waals surface area contributed by atoms with Gasteiger partial charge < -0.3 is 0 Å². The molecule has 54 valence electrons. The van der Waals surface area contributed by atoms with Crippen LogP contribution in [0.25, 0.3) is 0 Å². The normalized spacial score (nSPS) is 28.3. The van der Waals surface area contributed by atoms with Gasteiger partial charge >= 0.3 is 61.0 Å². The summed E-state index contributed by atoms with van der Waals surface area (Å²) >= 11 is -1.24. The molecule has 1 aliphatic heterocycles. The van der Waals surface area contributed by atoms with Gasteiger partial charge in [-0.3, -0.25) is 0 Å². The van der Waals surface area contributed by atoms with Crippen LogP contribution in [0.4, 0.5) is 0 Å². The fourth-order valence-corrected chi connectivity index (χ4v) is 3.00. The van der Waals surface area contributed by atoms with Gasteiger partial charge in [-0.15, -0.1) is 0 Å². The molecule has 0 saturated carbocycles. The second-order valence-electron chi connectivity index (χ2n) is 3.15. The average Bonchev–Trinajstić information content (AvgIpc) is 1.78. The second-order valence-corrected chi connectivity index (χ2v) is 6.08. The van der Waals surface area contributed by atoms with Gasteiger partial charge in [-0.2, -0.15) is 0 Å². The summed E-state index contributed by atoms with van der Waals surface area (Å²) in [6, 6.07) is 0. The number of hydrogen-bond acceptors (Lipinski definition) is 2. The minimum atomic E-state index is -1.24. The molecule has 3 heteroatoms. The van der Waals surface area contributed by atoms with E-state index in [1.165, 1.54) is 0 Å². The molecule has 0 aliphatic carbocycles. The van der Waals surface area contributed by atoms with Crippen LogP contribution in [0.2, 0.25) is 5.71 Å². The maximum absolute atomic E-state index is 5.42. The molecule has 0 aromatic heterocycles. The zero-order valence-electron chi connectivity index (χ0n) is 6.18. The van der Waals surface area contributed by atoms with Crippen LogP contribution < -0.4 is 0 Å². The van der Waals surface area contributed by atoms with Crippen LogP contribution in [-0.2, 0) is 7.45 Å². The van der Waals surface area contributed by atoms with E-state index >= 15 is 0 Å². The van der Waals surface area contributed by atoms with Crippen LogP contribution >= 0.6 is 0 Å². The van der Waals surface area contributed by atoms with E-state index in [2.05, 4.69) is 19.6 Å². The summed E-state index contributed by atoms with van der Waals surface area (Å²) in [4.78, 5) is 0. The Balaban J connectivity index is 2.35. The summed E-state index contributed by atoms with van der Waals surface area (Å²) in [6.45, 7) is 6.08. The zero-order chi connectivity index (χ0) is 6.91. The summed E-state index contributed by atoms with van der Waals surface area (Å²) in [5, 5.41) is 0. The number of hydrogen-bond donors (Lipinski definition) is 0. The van der Waals surface area contributed by atoms with Gasteiger partial charge in [0.25, 0.3) is 0 Å². The molecule has 0 aromatic rings. The first kappa shape index (κ1) is 7.58. The third-order valence-electron chi connectivity index (χ3n) is 1.27. The Kier molecular flexibility index (Phi) is 2.20. The predicted octanol–water partition coefficient (Wildman–Crippen LogP) is 1.18. The van der Waals surface area contributed by atoms with Crippen LogP contribution in [0.1, 0.15) is 13.8 Å². The van der Waals surface area contributed by atoms with Gasteiger partial charge in [0.15, 0.2) is 0 Å². The molecule has 0 N–H and O–H groups in total. The molecule has 9 heavy (non-hydrogen) atoms. The van der Waals surface area contributed by atoms with E-state index in [-0.39, 0.29) is 5.41 Å². The van der Waals surface area contributed by atoms with Crippen LogP contribution in [0.5, 0.6) is 0 Å². The molecule has 1 rings (SSSR count). The third kappa shape index (κ3) is 2.29. The Labute approximate surface area is 61.5 Å². The Morgan fingerprint density at radius 1 is 1.22 bits per heavy atom. The summed E-state index contributed by atoms with van der Waals surface area (Å²) in [5.74, 6) is 0. The van der Waals surface area contributed by atoms with E-state index in [1.54, 1.807) is 0 Å². The third-order valence-corrected chi connectivity index (χ3v) is 3.34. The SMILES string of the molecule is C[As]1OCC(C)(C)CO1. The van der Waals surface area contributed by atoms with Crippen molar-refractivity contribution in [2.45, 2.75) is 19.6 Å². The summed E-state index contributed by atoms with van der Waals surface area (Å²) in [5.41, 5.74) is 2.32. The molecule has 0 amide bonds. The molecule has 0 atom stereocenters. The van der Waals surface area contributed by atoms with Gasteiger partial charge in [0, 0.05) is 0 Å². The standard InChI is InChI=1S/C6H13AsO2/c1-6(2)4-8-7(3)9-5-6/h4-5H2,1-3H3. The van der Waals surface area contributed by atoms with Gasteiger partial charge in [-0.25, -0.2) is 0 Å². The molecule has 0 bridgehead atoms. The van der Waals surface area contributed by atoms with Crippen molar-refractivity contribution in [2.75, 3.05) is 13.2 Å². The van der Waals surface area contributed by atoms with E-state index in [9.17, 15) is 0 Å². The van der Waals surface area contributed by atoms with Crippen molar-refractivity contribution in [3.63, 3.8) is 0 Å². The summed E-state index contributed by atoms with van der Waals surface area (Å²) in [7, 11) is 0. The van der Waals surface area contributed by atoms with Crippen molar-refractivity contribution < 1.29 is 7.45 Å². The first-order valence-electron chi connectivity index (χ1n) is 3.10. The predicted molar refractivity (Wildman–Crippen MR) is 37.3 cm³/mol. The molecule has 0 radical (unpaired) electrons. The van der Waals surface area contributed by atoms with E-state index in [0.29, 0.717) is 0 Å². The monoisotopic (exact) mass is 192 g/mol. The van der Waals surface area contributed by atoms with Crippen molar-refractivity contribution in [1.29, 1.82) is 0 Å². The molecule has 0 aromatic carbocycles. The molecule has 0 spiro atoms. The average molecular weight is 192 g/mol. The molecule has 0 unspecified atom stereocenters. The van der Waals surface area contributed by atoms with Gasteiger partial charge in [0.2, 0.25) is 0 Å². The van der Waals surface area contributed by atoms with Crippen molar-refractivity contribution in [2.24, 2.45) is 5.41 Å². The number of rotatable bonds is 0. The molecular weight excluding hydrogens is 179 g/mol. The molecule has 1 fully saturated rings. The molecule has 1 heterocycles. The first-order valence-corrected chi connectivity index (χ1v) is 6.51. The minimum absolute atomic E-state index is 0.251. The Morgan fingerprint density at radius 3 is 2.00 bits per heavy atom. The fraction of sp³-hybridized carbons (Fsp3) is 1.00. The van der Waals surface area contributed by atoms with Crippen molar-refractivity contribution in [1.82, 2.24) is 0 Å².